The Hall–Kier alpha value is -1.65. The standard InChI is InChI=1S/C12H18N2O3/c1-4-6-12(7-5-8(2)3)9(15)13-11(17)14-10(12)16/h5,7-8H,4,6H2,1-3H3,(H2,13,14,15,16,17). The summed E-state index contributed by atoms with van der Waals surface area (Å²) in [5, 5.41) is 4.30. The van der Waals surface area contributed by atoms with E-state index in [1.807, 2.05) is 26.8 Å². The number of carbonyl (C=O) groups is 3. The van der Waals surface area contributed by atoms with E-state index in [1.165, 1.54) is 0 Å². The molecule has 1 fully saturated rings. The zero-order valence-electron chi connectivity index (χ0n) is 10.4. The molecule has 4 amide bonds. The van der Waals surface area contributed by atoms with Crippen LogP contribution in [0.1, 0.15) is 33.6 Å². The van der Waals surface area contributed by atoms with Gasteiger partial charge in [0.25, 0.3) is 0 Å². The number of rotatable bonds is 4. The lowest BCUT2D eigenvalue weighted by atomic mass is 9.79. The minimum Gasteiger partial charge on any atom is -0.277 e. The van der Waals surface area contributed by atoms with Gasteiger partial charge in [0, 0.05) is 0 Å². The van der Waals surface area contributed by atoms with Crippen molar-refractivity contribution in [3.05, 3.63) is 12.2 Å². The zero-order valence-corrected chi connectivity index (χ0v) is 10.4. The molecule has 1 aliphatic rings. The van der Waals surface area contributed by atoms with Gasteiger partial charge in [-0.25, -0.2) is 4.79 Å². The Morgan fingerprint density at radius 3 is 2.12 bits per heavy atom. The van der Waals surface area contributed by atoms with E-state index in [-0.39, 0.29) is 5.92 Å². The average Bonchev–Trinajstić information content (AvgIpc) is 2.21. The zero-order chi connectivity index (χ0) is 13.1. The first-order valence-electron chi connectivity index (χ1n) is 5.78. The third kappa shape index (κ3) is 2.72. The molecular formula is C12H18N2O3. The first-order chi connectivity index (χ1) is 7.92. The molecule has 0 aromatic carbocycles. The van der Waals surface area contributed by atoms with Crippen molar-refractivity contribution < 1.29 is 14.4 Å². The Morgan fingerprint density at radius 2 is 1.71 bits per heavy atom. The van der Waals surface area contributed by atoms with Gasteiger partial charge < -0.3 is 0 Å². The molecule has 0 atom stereocenters. The maximum atomic E-state index is 11.9. The van der Waals surface area contributed by atoms with Crippen molar-refractivity contribution >= 4 is 17.8 Å². The van der Waals surface area contributed by atoms with Crippen LogP contribution in [0.5, 0.6) is 0 Å². The number of imide groups is 2. The SMILES string of the molecule is CCCC1(C=CC(C)C)C(=O)NC(=O)NC1=O. The van der Waals surface area contributed by atoms with Crippen LogP contribution in [0.2, 0.25) is 0 Å². The molecule has 5 heteroatoms. The summed E-state index contributed by atoms with van der Waals surface area (Å²) in [5.41, 5.74) is -1.24. The van der Waals surface area contributed by atoms with Gasteiger partial charge in [0.1, 0.15) is 5.41 Å². The maximum absolute atomic E-state index is 11.9. The fourth-order valence-electron chi connectivity index (χ4n) is 1.78. The summed E-state index contributed by atoms with van der Waals surface area (Å²) >= 11 is 0. The first-order valence-corrected chi connectivity index (χ1v) is 5.78. The third-order valence-electron chi connectivity index (χ3n) is 2.67. The molecule has 17 heavy (non-hydrogen) atoms. The first kappa shape index (κ1) is 13.4. The Kier molecular flexibility index (Phi) is 4.04. The Morgan fingerprint density at radius 1 is 1.18 bits per heavy atom. The van der Waals surface area contributed by atoms with Crippen LogP contribution in [0.4, 0.5) is 4.79 Å². The average molecular weight is 238 g/mol. The van der Waals surface area contributed by atoms with Crippen molar-refractivity contribution in [3.63, 3.8) is 0 Å². The van der Waals surface area contributed by atoms with Crippen LogP contribution < -0.4 is 10.6 Å². The van der Waals surface area contributed by atoms with Gasteiger partial charge in [0.15, 0.2) is 0 Å². The van der Waals surface area contributed by atoms with Gasteiger partial charge in [-0.15, -0.1) is 0 Å². The van der Waals surface area contributed by atoms with Crippen LogP contribution >= 0.6 is 0 Å². The van der Waals surface area contributed by atoms with Crippen LogP contribution in [-0.2, 0) is 9.59 Å². The number of hydrogen-bond acceptors (Lipinski definition) is 3. The van der Waals surface area contributed by atoms with E-state index in [1.54, 1.807) is 6.08 Å². The molecule has 1 saturated heterocycles. The fourth-order valence-corrected chi connectivity index (χ4v) is 1.78. The van der Waals surface area contributed by atoms with Crippen molar-refractivity contribution in [2.75, 3.05) is 0 Å². The van der Waals surface area contributed by atoms with E-state index in [2.05, 4.69) is 10.6 Å². The van der Waals surface area contributed by atoms with Gasteiger partial charge in [-0.3, -0.25) is 20.2 Å². The van der Waals surface area contributed by atoms with E-state index in [9.17, 15) is 14.4 Å². The van der Waals surface area contributed by atoms with Crippen molar-refractivity contribution in [1.29, 1.82) is 0 Å². The molecule has 2 N–H and O–H groups in total. The summed E-state index contributed by atoms with van der Waals surface area (Å²) in [5.74, 6) is -0.836. The lowest BCUT2D eigenvalue weighted by molar-refractivity contribution is -0.141. The van der Waals surface area contributed by atoms with E-state index >= 15 is 0 Å². The highest BCUT2D eigenvalue weighted by atomic mass is 16.2. The monoisotopic (exact) mass is 238 g/mol. The number of carbonyl (C=O) groups excluding carboxylic acids is 3. The summed E-state index contributed by atoms with van der Waals surface area (Å²) in [6.45, 7) is 5.81. The highest BCUT2D eigenvalue weighted by molar-refractivity contribution is 6.20. The second-order valence-electron chi connectivity index (χ2n) is 4.56. The Balaban J connectivity index is 3.08. The highest BCUT2D eigenvalue weighted by Crippen LogP contribution is 2.29. The molecule has 0 aromatic heterocycles. The maximum Gasteiger partial charge on any atom is 0.328 e. The van der Waals surface area contributed by atoms with Crippen molar-refractivity contribution in [3.8, 4) is 0 Å². The van der Waals surface area contributed by atoms with Gasteiger partial charge in [0.05, 0.1) is 0 Å². The largest absolute Gasteiger partial charge is 0.328 e. The Bertz CT molecular complexity index is 352. The van der Waals surface area contributed by atoms with Crippen LogP contribution in [0.3, 0.4) is 0 Å². The molecule has 0 radical (unpaired) electrons. The van der Waals surface area contributed by atoms with Gasteiger partial charge in [0.2, 0.25) is 11.8 Å². The number of nitrogens with one attached hydrogen (secondary N) is 2. The van der Waals surface area contributed by atoms with Gasteiger partial charge in [-0.05, 0) is 12.3 Å². The van der Waals surface area contributed by atoms with Gasteiger partial charge in [-0.2, -0.15) is 0 Å². The molecule has 0 spiro atoms. The number of amides is 4. The van der Waals surface area contributed by atoms with Crippen LogP contribution in [0, 0.1) is 11.3 Å². The van der Waals surface area contributed by atoms with E-state index in [0.29, 0.717) is 12.8 Å². The highest BCUT2D eigenvalue weighted by Gasteiger charge is 2.47. The lowest BCUT2D eigenvalue weighted by Crippen LogP contribution is -2.61. The molecule has 0 unspecified atom stereocenters. The summed E-state index contributed by atoms with van der Waals surface area (Å²) in [4.78, 5) is 34.8. The normalized spacial score (nSPS) is 19.6. The minimum absolute atomic E-state index is 0.238. The predicted molar refractivity (Wildman–Crippen MR) is 63.0 cm³/mol. The molecule has 5 nitrogen and oxygen atoms in total. The lowest BCUT2D eigenvalue weighted by Gasteiger charge is -2.31. The van der Waals surface area contributed by atoms with Gasteiger partial charge in [-0.1, -0.05) is 39.3 Å². The predicted octanol–water partition coefficient (Wildman–Crippen LogP) is 1.35. The summed E-state index contributed by atoms with van der Waals surface area (Å²) in [6.07, 6.45) is 4.49. The molecule has 94 valence electrons. The molecule has 0 aliphatic carbocycles. The van der Waals surface area contributed by atoms with Crippen LogP contribution in [-0.4, -0.2) is 17.8 Å². The second-order valence-corrected chi connectivity index (χ2v) is 4.56. The molecule has 0 bridgehead atoms. The minimum atomic E-state index is -1.24. The summed E-state index contributed by atoms with van der Waals surface area (Å²) < 4.78 is 0. The summed E-state index contributed by atoms with van der Waals surface area (Å²) in [7, 11) is 0. The number of barbiturate groups is 1. The number of hydrogen-bond donors (Lipinski definition) is 2. The quantitative estimate of drug-likeness (QED) is 0.573. The van der Waals surface area contributed by atoms with Crippen molar-refractivity contribution in [1.82, 2.24) is 10.6 Å². The number of urea groups is 1. The molecule has 1 aliphatic heterocycles. The molecule has 1 rings (SSSR count). The molecule has 0 aromatic rings. The van der Waals surface area contributed by atoms with Crippen molar-refractivity contribution in [2.45, 2.75) is 33.6 Å². The van der Waals surface area contributed by atoms with E-state index in [0.717, 1.165) is 0 Å². The third-order valence-corrected chi connectivity index (χ3v) is 2.67. The van der Waals surface area contributed by atoms with Gasteiger partial charge >= 0.3 is 6.03 Å². The molecule has 1 heterocycles. The Labute approximate surface area is 101 Å². The van der Waals surface area contributed by atoms with Crippen LogP contribution in [0.15, 0.2) is 12.2 Å². The smallest absolute Gasteiger partial charge is 0.277 e. The van der Waals surface area contributed by atoms with Crippen LogP contribution in [0.25, 0.3) is 0 Å². The second kappa shape index (κ2) is 5.12. The number of allylic oxidation sites excluding steroid dienone is 1. The summed E-state index contributed by atoms with van der Waals surface area (Å²) in [6, 6.07) is -0.746. The fraction of sp³-hybridized carbons (Fsp3) is 0.583. The van der Waals surface area contributed by atoms with Crippen molar-refractivity contribution in [2.24, 2.45) is 11.3 Å². The van der Waals surface area contributed by atoms with E-state index < -0.39 is 23.3 Å². The topological polar surface area (TPSA) is 75.3 Å². The molecule has 0 saturated carbocycles. The van der Waals surface area contributed by atoms with E-state index in [4.69, 9.17) is 0 Å². The molecular weight excluding hydrogens is 220 g/mol.